The second-order valence-electron chi connectivity index (χ2n) is 10.0. The molecule has 0 radical (unpaired) electrons. The highest BCUT2D eigenvalue weighted by Crippen LogP contribution is 2.38. The lowest BCUT2D eigenvalue weighted by molar-refractivity contribution is 0.137. The van der Waals surface area contributed by atoms with E-state index in [0.717, 1.165) is 56.0 Å². The number of aryl methyl sites for hydroxylation is 2. The average Bonchev–Trinajstić information content (AvgIpc) is 3.30. The van der Waals surface area contributed by atoms with E-state index in [1.54, 1.807) is 12.1 Å². The molecule has 37 heavy (non-hydrogen) atoms. The molecule has 1 fully saturated rings. The number of hydrogen-bond acceptors (Lipinski definition) is 2. The quantitative estimate of drug-likeness (QED) is 0.245. The van der Waals surface area contributed by atoms with Crippen LogP contribution in [0.2, 0.25) is 0 Å². The standard InChI is InChI=1S/C33H38FN3/c1-4-24-16-12-17-25(5-2)31(24)33-35-32(27-18-13-19-28(34)22-27)30(37(33)6-3)23-36-21-11-10-20-29(36)26-14-8-7-9-15-26/h7-9,12-19,22,29H,4-6,10-11,20-21,23H2,1-3H3. The Bertz CT molecular complexity index is 1320. The Morgan fingerprint density at radius 1 is 0.865 bits per heavy atom. The van der Waals surface area contributed by atoms with E-state index >= 15 is 0 Å². The summed E-state index contributed by atoms with van der Waals surface area (Å²) < 4.78 is 16.8. The molecule has 0 saturated carbocycles. The van der Waals surface area contributed by atoms with Gasteiger partial charge in [0.25, 0.3) is 0 Å². The molecule has 0 aliphatic carbocycles. The minimum atomic E-state index is -0.223. The minimum Gasteiger partial charge on any atom is -0.327 e. The summed E-state index contributed by atoms with van der Waals surface area (Å²) in [6, 6.07) is 24.8. The number of hydrogen-bond donors (Lipinski definition) is 0. The SMILES string of the molecule is CCc1cccc(CC)c1-c1nc(-c2cccc(F)c2)c(CN2CCCCC2c2ccccc2)n1CC. The molecule has 1 aromatic heterocycles. The van der Waals surface area contributed by atoms with Crippen molar-refractivity contribution in [1.82, 2.24) is 14.5 Å². The average molecular weight is 496 g/mol. The maximum atomic E-state index is 14.4. The fourth-order valence-corrected chi connectivity index (χ4v) is 6.00. The van der Waals surface area contributed by atoms with Crippen molar-refractivity contribution < 1.29 is 4.39 Å². The van der Waals surface area contributed by atoms with Crippen LogP contribution in [-0.2, 0) is 25.9 Å². The van der Waals surface area contributed by atoms with Crippen molar-refractivity contribution in [2.24, 2.45) is 0 Å². The maximum absolute atomic E-state index is 14.4. The Labute approximate surface area is 221 Å². The molecule has 4 heteroatoms. The van der Waals surface area contributed by atoms with Crippen molar-refractivity contribution in [3.05, 3.63) is 101 Å². The topological polar surface area (TPSA) is 21.1 Å². The van der Waals surface area contributed by atoms with Crippen molar-refractivity contribution in [3.63, 3.8) is 0 Å². The van der Waals surface area contributed by atoms with Crippen molar-refractivity contribution in [3.8, 4) is 22.6 Å². The molecule has 1 saturated heterocycles. The fraction of sp³-hybridized carbons (Fsp3) is 0.364. The van der Waals surface area contributed by atoms with Crippen LogP contribution in [0.3, 0.4) is 0 Å². The first kappa shape index (κ1) is 25.4. The molecule has 3 nitrogen and oxygen atoms in total. The highest BCUT2D eigenvalue weighted by atomic mass is 19.1. The van der Waals surface area contributed by atoms with Gasteiger partial charge >= 0.3 is 0 Å². The van der Waals surface area contributed by atoms with E-state index in [-0.39, 0.29) is 5.82 Å². The summed E-state index contributed by atoms with van der Waals surface area (Å²) in [5.74, 6) is 0.790. The number of imidazole rings is 1. The molecular weight excluding hydrogens is 457 g/mol. The summed E-state index contributed by atoms with van der Waals surface area (Å²) in [5.41, 5.74) is 8.19. The predicted molar refractivity (Wildman–Crippen MR) is 151 cm³/mol. The zero-order valence-corrected chi connectivity index (χ0v) is 22.4. The van der Waals surface area contributed by atoms with Crippen LogP contribution in [0.1, 0.15) is 68.5 Å². The van der Waals surface area contributed by atoms with Gasteiger partial charge in [-0.2, -0.15) is 0 Å². The lowest BCUT2D eigenvalue weighted by atomic mass is 9.95. The molecule has 2 heterocycles. The predicted octanol–water partition coefficient (Wildman–Crippen LogP) is 8.23. The van der Waals surface area contributed by atoms with Gasteiger partial charge in [0.2, 0.25) is 0 Å². The van der Waals surface area contributed by atoms with Gasteiger partial charge in [-0.05, 0) is 68.0 Å². The minimum absolute atomic E-state index is 0.223. The number of nitrogens with zero attached hydrogens (tertiary/aromatic N) is 3. The molecule has 0 bridgehead atoms. The van der Waals surface area contributed by atoms with Gasteiger partial charge in [0.1, 0.15) is 11.6 Å². The van der Waals surface area contributed by atoms with E-state index in [1.165, 1.54) is 46.9 Å². The summed E-state index contributed by atoms with van der Waals surface area (Å²) in [4.78, 5) is 7.92. The number of rotatable bonds is 8. The van der Waals surface area contributed by atoms with E-state index in [0.29, 0.717) is 6.04 Å². The third-order valence-corrected chi connectivity index (χ3v) is 7.86. The first-order valence-electron chi connectivity index (χ1n) is 13.9. The summed E-state index contributed by atoms with van der Waals surface area (Å²) in [7, 11) is 0. The summed E-state index contributed by atoms with van der Waals surface area (Å²) >= 11 is 0. The molecule has 0 N–H and O–H groups in total. The van der Waals surface area contributed by atoms with Crippen LogP contribution in [0.4, 0.5) is 4.39 Å². The Balaban J connectivity index is 1.68. The molecule has 1 unspecified atom stereocenters. The smallest absolute Gasteiger partial charge is 0.141 e. The van der Waals surface area contributed by atoms with Gasteiger partial charge in [-0.3, -0.25) is 4.90 Å². The third-order valence-electron chi connectivity index (χ3n) is 7.86. The van der Waals surface area contributed by atoms with E-state index in [9.17, 15) is 4.39 Å². The second kappa shape index (κ2) is 11.4. The number of aromatic nitrogens is 2. The van der Waals surface area contributed by atoms with Gasteiger partial charge < -0.3 is 4.57 Å². The van der Waals surface area contributed by atoms with Crippen LogP contribution in [0.15, 0.2) is 72.8 Å². The molecule has 192 valence electrons. The normalized spacial score (nSPS) is 16.3. The van der Waals surface area contributed by atoms with Gasteiger partial charge in [-0.1, -0.05) is 80.9 Å². The lowest BCUT2D eigenvalue weighted by Crippen LogP contribution is -2.33. The van der Waals surface area contributed by atoms with Crippen molar-refractivity contribution in [2.45, 2.75) is 72.0 Å². The monoisotopic (exact) mass is 495 g/mol. The molecule has 1 atom stereocenters. The number of likely N-dealkylation sites (tertiary alicyclic amines) is 1. The van der Waals surface area contributed by atoms with Crippen LogP contribution in [-0.4, -0.2) is 21.0 Å². The van der Waals surface area contributed by atoms with Crippen molar-refractivity contribution >= 4 is 0 Å². The number of benzene rings is 3. The van der Waals surface area contributed by atoms with Crippen LogP contribution >= 0.6 is 0 Å². The molecule has 3 aromatic carbocycles. The second-order valence-corrected chi connectivity index (χ2v) is 10.0. The van der Waals surface area contributed by atoms with Crippen molar-refractivity contribution in [2.75, 3.05) is 6.54 Å². The third kappa shape index (κ3) is 5.13. The zero-order chi connectivity index (χ0) is 25.8. The first-order chi connectivity index (χ1) is 18.1. The molecule has 4 aromatic rings. The fourth-order valence-electron chi connectivity index (χ4n) is 6.00. The van der Waals surface area contributed by atoms with Gasteiger partial charge in [0.05, 0.1) is 11.4 Å². The van der Waals surface area contributed by atoms with Crippen molar-refractivity contribution in [1.29, 1.82) is 0 Å². The molecule has 0 spiro atoms. The van der Waals surface area contributed by atoms with Crippen LogP contribution in [0, 0.1) is 5.82 Å². The summed E-state index contributed by atoms with van der Waals surface area (Å²) in [6.07, 6.45) is 5.50. The maximum Gasteiger partial charge on any atom is 0.141 e. The van der Waals surface area contributed by atoms with E-state index in [1.807, 2.05) is 6.07 Å². The lowest BCUT2D eigenvalue weighted by Gasteiger charge is -2.36. The van der Waals surface area contributed by atoms with Gasteiger partial charge in [0.15, 0.2) is 0 Å². The summed E-state index contributed by atoms with van der Waals surface area (Å²) in [5, 5.41) is 0. The van der Waals surface area contributed by atoms with Crippen LogP contribution in [0.5, 0.6) is 0 Å². The number of piperidine rings is 1. The van der Waals surface area contributed by atoms with Crippen LogP contribution < -0.4 is 0 Å². The van der Waals surface area contributed by atoms with Crippen LogP contribution in [0.25, 0.3) is 22.6 Å². The molecule has 1 aliphatic heterocycles. The highest BCUT2D eigenvalue weighted by Gasteiger charge is 2.28. The Morgan fingerprint density at radius 3 is 2.27 bits per heavy atom. The highest BCUT2D eigenvalue weighted by molar-refractivity contribution is 5.72. The molecular formula is C33H38FN3. The number of halogens is 1. The van der Waals surface area contributed by atoms with E-state index < -0.39 is 0 Å². The molecule has 5 rings (SSSR count). The molecule has 0 amide bonds. The summed E-state index contributed by atoms with van der Waals surface area (Å²) in [6.45, 7) is 9.29. The van der Waals surface area contributed by atoms with E-state index in [2.05, 4.69) is 78.8 Å². The first-order valence-corrected chi connectivity index (χ1v) is 13.9. The largest absolute Gasteiger partial charge is 0.327 e. The Kier molecular flexibility index (Phi) is 7.85. The Hall–Kier alpha value is -3.24. The molecule has 1 aliphatic rings. The van der Waals surface area contributed by atoms with Gasteiger partial charge in [-0.25, -0.2) is 9.37 Å². The Morgan fingerprint density at radius 2 is 1.59 bits per heavy atom. The van der Waals surface area contributed by atoms with Gasteiger partial charge in [-0.15, -0.1) is 0 Å². The zero-order valence-electron chi connectivity index (χ0n) is 22.4. The van der Waals surface area contributed by atoms with Gasteiger partial charge in [0, 0.05) is 30.3 Å². The van der Waals surface area contributed by atoms with E-state index in [4.69, 9.17) is 4.98 Å².